The van der Waals surface area contributed by atoms with Crippen molar-refractivity contribution < 1.29 is 9.21 Å². The van der Waals surface area contributed by atoms with Gasteiger partial charge in [-0.25, -0.2) is 0 Å². The van der Waals surface area contributed by atoms with E-state index >= 15 is 0 Å². The monoisotopic (exact) mass is 417 g/mol. The molecule has 1 saturated heterocycles. The zero-order chi connectivity index (χ0) is 21.6. The number of nitrogens with one attached hydrogen (secondary N) is 2. The number of hydrogen-bond donors (Lipinski definition) is 2. The van der Waals surface area contributed by atoms with Crippen LogP contribution in [0.4, 0.5) is 11.4 Å². The molecule has 31 heavy (non-hydrogen) atoms. The SMILES string of the molecule is Cc1ccc(C(=O)Nc2ccc(N3CCC(NCCc4ccco4)CC3)cc2)c(C)c1. The fourth-order valence-corrected chi connectivity index (χ4v) is 4.22. The molecule has 2 heterocycles. The first-order valence-corrected chi connectivity index (χ1v) is 11.1. The predicted octanol–water partition coefficient (Wildman–Crippen LogP) is 4.95. The van der Waals surface area contributed by atoms with Crippen molar-refractivity contribution in [2.75, 3.05) is 29.9 Å². The molecular formula is C26H31N3O2. The van der Waals surface area contributed by atoms with Gasteiger partial charge in [-0.15, -0.1) is 0 Å². The summed E-state index contributed by atoms with van der Waals surface area (Å²) in [7, 11) is 0. The van der Waals surface area contributed by atoms with Crippen LogP contribution in [0.3, 0.4) is 0 Å². The van der Waals surface area contributed by atoms with Gasteiger partial charge in [0.05, 0.1) is 6.26 Å². The fraction of sp³-hybridized carbons (Fsp3) is 0.346. The first kappa shape index (κ1) is 21.2. The Bertz CT molecular complexity index is 988. The van der Waals surface area contributed by atoms with Gasteiger partial charge in [0.25, 0.3) is 5.91 Å². The molecule has 2 N–H and O–H groups in total. The molecular weight excluding hydrogens is 386 g/mol. The minimum absolute atomic E-state index is 0.0633. The third kappa shape index (κ3) is 5.56. The smallest absolute Gasteiger partial charge is 0.255 e. The molecule has 3 aromatic rings. The van der Waals surface area contributed by atoms with Crippen LogP contribution in [0.2, 0.25) is 0 Å². The summed E-state index contributed by atoms with van der Waals surface area (Å²) < 4.78 is 5.39. The van der Waals surface area contributed by atoms with E-state index in [0.717, 1.165) is 67.0 Å². The maximum Gasteiger partial charge on any atom is 0.255 e. The predicted molar refractivity (Wildman–Crippen MR) is 126 cm³/mol. The second-order valence-corrected chi connectivity index (χ2v) is 8.36. The molecule has 0 saturated carbocycles. The Morgan fingerprint density at radius 3 is 2.52 bits per heavy atom. The summed E-state index contributed by atoms with van der Waals surface area (Å²) in [5, 5.41) is 6.67. The minimum atomic E-state index is -0.0633. The summed E-state index contributed by atoms with van der Waals surface area (Å²) in [6, 6.07) is 18.6. The Morgan fingerprint density at radius 2 is 1.84 bits per heavy atom. The molecule has 1 aliphatic rings. The lowest BCUT2D eigenvalue weighted by Gasteiger charge is -2.34. The molecule has 0 radical (unpaired) electrons. The van der Waals surface area contributed by atoms with Crippen LogP contribution < -0.4 is 15.5 Å². The molecule has 2 aromatic carbocycles. The molecule has 4 rings (SSSR count). The van der Waals surface area contributed by atoms with Gasteiger partial charge in [-0.05, 0) is 74.7 Å². The van der Waals surface area contributed by atoms with E-state index in [0.29, 0.717) is 6.04 Å². The number of rotatable bonds is 7. The first-order valence-electron chi connectivity index (χ1n) is 11.1. The topological polar surface area (TPSA) is 57.5 Å². The normalized spacial score (nSPS) is 14.6. The molecule has 1 aromatic heterocycles. The van der Waals surface area contributed by atoms with Gasteiger partial charge in [-0.1, -0.05) is 17.7 Å². The van der Waals surface area contributed by atoms with Crippen molar-refractivity contribution in [3.8, 4) is 0 Å². The summed E-state index contributed by atoms with van der Waals surface area (Å²) in [4.78, 5) is 15.0. The Hall–Kier alpha value is -3.05. The Balaban J connectivity index is 1.25. The van der Waals surface area contributed by atoms with Gasteiger partial charge in [0.15, 0.2) is 0 Å². The van der Waals surface area contributed by atoms with E-state index in [4.69, 9.17) is 4.42 Å². The molecule has 0 spiro atoms. The Morgan fingerprint density at radius 1 is 1.06 bits per heavy atom. The lowest BCUT2D eigenvalue weighted by molar-refractivity contribution is 0.102. The van der Waals surface area contributed by atoms with Gasteiger partial charge in [0, 0.05) is 49.0 Å². The summed E-state index contributed by atoms with van der Waals surface area (Å²) in [5.41, 5.74) is 4.91. The molecule has 0 bridgehead atoms. The fourth-order valence-electron chi connectivity index (χ4n) is 4.22. The van der Waals surface area contributed by atoms with Gasteiger partial charge >= 0.3 is 0 Å². The van der Waals surface area contributed by atoms with Crippen LogP contribution in [0.15, 0.2) is 65.3 Å². The number of furan rings is 1. The minimum Gasteiger partial charge on any atom is -0.469 e. The summed E-state index contributed by atoms with van der Waals surface area (Å²) >= 11 is 0. The quantitative estimate of drug-likeness (QED) is 0.571. The summed E-state index contributed by atoms with van der Waals surface area (Å²) in [5.74, 6) is 0.973. The molecule has 162 valence electrons. The van der Waals surface area contributed by atoms with Crippen molar-refractivity contribution in [3.05, 3.63) is 83.3 Å². The molecule has 1 fully saturated rings. The molecule has 0 unspecified atom stereocenters. The van der Waals surface area contributed by atoms with Crippen molar-refractivity contribution in [1.29, 1.82) is 0 Å². The highest BCUT2D eigenvalue weighted by atomic mass is 16.3. The summed E-state index contributed by atoms with van der Waals surface area (Å²) in [6.45, 7) is 7.03. The van der Waals surface area contributed by atoms with E-state index in [-0.39, 0.29) is 5.91 Å². The van der Waals surface area contributed by atoms with Crippen molar-refractivity contribution in [2.45, 2.75) is 39.2 Å². The Kier molecular flexibility index (Phi) is 6.73. The Labute approximate surface area is 184 Å². The number of nitrogens with zero attached hydrogens (tertiary/aromatic N) is 1. The number of hydrogen-bond acceptors (Lipinski definition) is 4. The van der Waals surface area contributed by atoms with E-state index < -0.39 is 0 Å². The highest BCUT2D eigenvalue weighted by Crippen LogP contribution is 2.23. The van der Waals surface area contributed by atoms with E-state index in [1.807, 2.05) is 56.3 Å². The van der Waals surface area contributed by atoms with Crippen LogP contribution in [-0.4, -0.2) is 31.6 Å². The number of anilines is 2. The molecule has 5 nitrogen and oxygen atoms in total. The third-order valence-corrected chi connectivity index (χ3v) is 6.00. The van der Waals surface area contributed by atoms with Crippen LogP contribution in [0.5, 0.6) is 0 Å². The van der Waals surface area contributed by atoms with E-state index in [1.165, 1.54) is 5.69 Å². The third-order valence-electron chi connectivity index (χ3n) is 6.00. The molecule has 0 aliphatic carbocycles. The number of benzene rings is 2. The van der Waals surface area contributed by atoms with Crippen LogP contribution >= 0.6 is 0 Å². The lowest BCUT2D eigenvalue weighted by atomic mass is 10.0. The van der Waals surface area contributed by atoms with Gasteiger partial charge in [-0.3, -0.25) is 4.79 Å². The number of piperidine rings is 1. The standard InChI is InChI=1S/C26H31N3O2/c1-19-5-10-25(20(2)18-19)26(30)28-22-6-8-23(9-7-22)29-15-12-21(13-16-29)27-14-11-24-4-3-17-31-24/h3-10,17-18,21,27H,11-16H2,1-2H3,(H,28,30). The number of aryl methyl sites for hydroxylation is 2. The van der Waals surface area contributed by atoms with Crippen LogP contribution in [0, 0.1) is 13.8 Å². The molecule has 5 heteroatoms. The average molecular weight is 418 g/mol. The molecule has 0 atom stereocenters. The maximum atomic E-state index is 12.6. The maximum absolute atomic E-state index is 12.6. The molecule has 1 aliphatic heterocycles. The number of carbonyl (C=O) groups is 1. The first-order chi connectivity index (χ1) is 15.1. The van der Waals surface area contributed by atoms with E-state index in [1.54, 1.807) is 6.26 Å². The van der Waals surface area contributed by atoms with Crippen LogP contribution in [-0.2, 0) is 6.42 Å². The number of amides is 1. The molecule has 1 amide bonds. The summed E-state index contributed by atoms with van der Waals surface area (Å²) in [6.07, 6.45) is 4.92. The van der Waals surface area contributed by atoms with Crippen LogP contribution in [0.1, 0.15) is 40.1 Å². The highest BCUT2D eigenvalue weighted by molar-refractivity contribution is 6.05. The van der Waals surface area contributed by atoms with Crippen LogP contribution in [0.25, 0.3) is 0 Å². The highest BCUT2D eigenvalue weighted by Gasteiger charge is 2.19. The second-order valence-electron chi connectivity index (χ2n) is 8.36. The van der Waals surface area contributed by atoms with Gasteiger partial charge in [0.1, 0.15) is 5.76 Å². The average Bonchev–Trinajstić information content (AvgIpc) is 3.28. The van der Waals surface area contributed by atoms with E-state index in [2.05, 4.69) is 27.7 Å². The van der Waals surface area contributed by atoms with Gasteiger partial charge in [-0.2, -0.15) is 0 Å². The van der Waals surface area contributed by atoms with Gasteiger partial charge in [0.2, 0.25) is 0 Å². The zero-order valence-corrected chi connectivity index (χ0v) is 18.4. The second kappa shape index (κ2) is 9.84. The van der Waals surface area contributed by atoms with Crippen molar-refractivity contribution in [1.82, 2.24) is 5.32 Å². The van der Waals surface area contributed by atoms with Gasteiger partial charge < -0.3 is 20.0 Å². The van der Waals surface area contributed by atoms with Crippen molar-refractivity contribution in [2.24, 2.45) is 0 Å². The lowest BCUT2D eigenvalue weighted by Crippen LogP contribution is -2.43. The van der Waals surface area contributed by atoms with Crippen molar-refractivity contribution in [3.63, 3.8) is 0 Å². The van der Waals surface area contributed by atoms with Crippen molar-refractivity contribution >= 4 is 17.3 Å². The number of carbonyl (C=O) groups excluding carboxylic acids is 1. The largest absolute Gasteiger partial charge is 0.469 e. The van der Waals surface area contributed by atoms with E-state index in [9.17, 15) is 4.79 Å². The zero-order valence-electron chi connectivity index (χ0n) is 18.4.